The fourth-order valence-corrected chi connectivity index (χ4v) is 2.71. The lowest BCUT2D eigenvalue weighted by atomic mass is 9.78. The summed E-state index contributed by atoms with van der Waals surface area (Å²) in [5.74, 6) is -0.518. The maximum atomic E-state index is 11.2. The largest absolute Gasteiger partial charge is 0.481 e. The number of nitrogens with one attached hydrogen (secondary N) is 1. The van der Waals surface area contributed by atoms with E-state index in [4.69, 9.17) is 0 Å². The molecule has 3 atom stereocenters. The van der Waals surface area contributed by atoms with Crippen molar-refractivity contribution in [2.24, 2.45) is 11.3 Å². The first-order valence-electron chi connectivity index (χ1n) is 5.57. The highest BCUT2D eigenvalue weighted by molar-refractivity contribution is 6.45. The van der Waals surface area contributed by atoms with E-state index in [-0.39, 0.29) is 12.0 Å². The molecule has 0 aromatic rings. The second-order valence-electron chi connectivity index (χ2n) is 4.81. The van der Waals surface area contributed by atoms with E-state index < -0.39 is 18.4 Å². The van der Waals surface area contributed by atoms with E-state index in [1.54, 1.807) is 6.82 Å². The molecule has 0 bridgehead atoms. The Morgan fingerprint density at radius 1 is 1.67 bits per heavy atom. The maximum Gasteiger partial charge on any atom is 0.373 e. The van der Waals surface area contributed by atoms with Crippen molar-refractivity contribution < 1.29 is 14.9 Å². The fourth-order valence-electron chi connectivity index (χ4n) is 2.71. The Morgan fingerprint density at radius 2 is 2.27 bits per heavy atom. The lowest BCUT2D eigenvalue weighted by Gasteiger charge is -2.25. The Bertz CT molecular complexity index is 247. The molecule has 0 aromatic heterocycles. The van der Waals surface area contributed by atoms with Gasteiger partial charge in [0.2, 0.25) is 0 Å². The number of aliphatic carboxylic acids is 1. The molecular weight excluding hydrogens is 193 g/mol. The highest BCUT2D eigenvalue weighted by atomic mass is 16.4. The first-order valence-corrected chi connectivity index (χ1v) is 5.57. The van der Waals surface area contributed by atoms with Crippen LogP contribution in [0.3, 0.4) is 0 Å². The van der Waals surface area contributed by atoms with Gasteiger partial charge in [0, 0.05) is 0 Å². The van der Waals surface area contributed by atoms with Gasteiger partial charge in [0.25, 0.3) is 0 Å². The molecule has 0 saturated heterocycles. The molecule has 1 unspecified atom stereocenters. The molecular formula is C10H20BNO3. The smallest absolute Gasteiger partial charge is 0.373 e. The number of rotatable bonds is 4. The van der Waals surface area contributed by atoms with Gasteiger partial charge in [0.05, 0.1) is 5.41 Å². The number of carbonyl (C=O) groups is 1. The van der Waals surface area contributed by atoms with Crippen LogP contribution in [0.2, 0.25) is 6.82 Å². The predicted molar refractivity (Wildman–Crippen MR) is 59.5 cm³/mol. The molecule has 0 aromatic carbocycles. The van der Waals surface area contributed by atoms with E-state index in [1.807, 2.05) is 13.8 Å². The number of carboxylic acids is 1. The summed E-state index contributed by atoms with van der Waals surface area (Å²) in [6.07, 6.45) is 2.32. The zero-order valence-electron chi connectivity index (χ0n) is 9.66. The van der Waals surface area contributed by atoms with Crippen molar-refractivity contribution >= 4 is 13.0 Å². The molecule has 86 valence electrons. The quantitative estimate of drug-likeness (QED) is 0.608. The lowest BCUT2D eigenvalue weighted by molar-refractivity contribution is -0.150. The van der Waals surface area contributed by atoms with Gasteiger partial charge in [-0.3, -0.25) is 4.79 Å². The normalized spacial score (nSPS) is 35.5. The zero-order chi connectivity index (χ0) is 11.6. The van der Waals surface area contributed by atoms with Crippen LogP contribution in [-0.4, -0.2) is 29.2 Å². The summed E-state index contributed by atoms with van der Waals surface area (Å²) in [5, 5.41) is 21.5. The van der Waals surface area contributed by atoms with E-state index in [9.17, 15) is 14.9 Å². The highest BCUT2D eigenvalue weighted by Crippen LogP contribution is 2.45. The van der Waals surface area contributed by atoms with Gasteiger partial charge in [-0.15, -0.1) is 0 Å². The van der Waals surface area contributed by atoms with Crippen molar-refractivity contribution in [1.82, 2.24) is 5.23 Å². The summed E-state index contributed by atoms with van der Waals surface area (Å²) in [5.41, 5.74) is -0.638. The van der Waals surface area contributed by atoms with E-state index >= 15 is 0 Å². The average molecular weight is 213 g/mol. The summed E-state index contributed by atoms with van der Waals surface area (Å²) in [6.45, 7) is 5.50. The van der Waals surface area contributed by atoms with Crippen molar-refractivity contribution in [3.8, 4) is 0 Å². The topological polar surface area (TPSA) is 69.6 Å². The van der Waals surface area contributed by atoms with Crippen LogP contribution in [-0.2, 0) is 4.79 Å². The monoisotopic (exact) mass is 213 g/mol. The van der Waals surface area contributed by atoms with Gasteiger partial charge >= 0.3 is 13.0 Å². The second-order valence-corrected chi connectivity index (χ2v) is 4.81. The van der Waals surface area contributed by atoms with Crippen molar-refractivity contribution in [2.45, 2.75) is 46.0 Å². The van der Waals surface area contributed by atoms with Crippen LogP contribution >= 0.6 is 0 Å². The van der Waals surface area contributed by atoms with Crippen LogP contribution < -0.4 is 5.23 Å². The lowest BCUT2D eigenvalue weighted by Crippen LogP contribution is -2.39. The van der Waals surface area contributed by atoms with Crippen molar-refractivity contribution in [3.05, 3.63) is 0 Å². The Balaban J connectivity index is 2.71. The van der Waals surface area contributed by atoms with Gasteiger partial charge < -0.3 is 15.4 Å². The first-order chi connectivity index (χ1) is 6.90. The molecule has 1 aliphatic rings. The van der Waals surface area contributed by atoms with Crippen LogP contribution in [0.15, 0.2) is 0 Å². The molecule has 4 nitrogen and oxygen atoms in total. The van der Waals surface area contributed by atoms with Crippen LogP contribution in [0.5, 0.6) is 0 Å². The SMILES string of the molecule is CC[C@@H]1CC(NB(C)O)C[C@@]1(C)C(=O)O. The molecule has 1 rings (SSSR count). The molecule has 0 aliphatic heterocycles. The minimum Gasteiger partial charge on any atom is -0.481 e. The number of hydrogen-bond acceptors (Lipinski definition) is 3. The molecule has 5 heteroatoms. The van der Waals surface area contributed by atoms with E-state index in [0.29, 0.717) is 6.42 Å². The summed E-state index contributed by atoms with van der Waals surface area (Å²) in [6, 6.07) is 0.121. The molecule has 0 radical (unpaired) electrons. The van der Waals surface area contributed by atoms with Gasteiger partial charge in [-0.25, -0.2) is 0 Å². The van der Waals surface area contributed by atoms with Gasteiger partial charge in [-0.2, -0.15) is 0 Å². The summed E-state index contributed by atoms with van der Waals surface area (Å²) in [4.78, 5) is 11.2. The molecule has 15 heavy (non-hydrogen) atoms. The Hall–Kier alpha value is -0.545. The Labute approximate surface area is 91.2 Å². The highest BCUT2D eigenvalue weighted by Gasteiger charge is 2.48. The molecule has 1 fully saturated rings. The van der Waals surface area contributed by atoms with Crippen molar-refractivity contribution in [1.29, 1.82) is 0 Å². The van der Waals surface area contributed by atoms with Crippen LogP contribution in [0.4, 0.5) is 0 Å². The molecule has 1 saturated carbocycles. The first kappa shape index (κ1) is 12.5. The summed E-state index contributed by atoms with van der Waals surface area (Å²) in [7, 11) is -0.566. The number of hydrogen-bond donors (Lipinski definition) is 3. The fraction of sp³-hybridized carbons (Fsp3) is 0.900. The molecule has 0 amide bonds. The van der Waals surface area contributed by atoms with Crippen LogP contribution in [0.25, 0.3) is 0 Å². The number of carboxylic acid groups (broad SMARTS) is 1. The Morgan fingerprint density at radius 3 is 2.60 bits per heavy atom. The third-order valence-corrected chi connectivity index (χ3v) is 3.60. The zero-order valence-corrected chi connectivity index (χ0v) is 9.66. The minimum atomic E-state index is -0.718. The summed E-state index contributed by atoms with van der Waals surface area (Å²) < 4.78 is 0. The molecule has 3 N–H and O–H groups in total. The standard InChI is InChI=1S/C10H20BNO3/c1-4-7-5-8(12-11(3)15)6-10(7,2)9(13)14/h7-8,12,15H,4-6H2,1-3H3,(H,13,14)/t7-,8?,10-/m1/s1. The average Bonchev–Trinajstić information content (AvgIpc) is 2.42. The van der Waals surface area contributed by atoms with Gasteiger partial charge in [-0.1, -0.05) is 13.3 Å². The molecule has 0 spiro atoms. The predicted octanol–water partition coefficient (Wildman–Crippen LogP) is 0.966. The van der Waals surface area contributed by atoms with E-state index in [1.165, 1.54) is 0 Å². The molecule has 1 aliphatic carbocycles. The minimum absolute atomic E-state index is 0.121. The molecule has 0 heterocycles. The third kappa shape index (κ3) is 2.52. The van der Waals surface area contributed by atoms with Crippen molar-refractivity contribution in [3.63, 3.8) is 0 Å². The second kappa shape index (κ2) is 4.53. The third-order valence-electron chi connectivity index (χ3n) is 3.60. The van der Waals surface area contributed by atoms with Crippen LogP contribution in [0.1, 0.15) is 33.1 Å². The van der Waals surface area contributed by atoms with E-state index in [0.717, 1.165) is 12.8 Å². The summed E-state index contributed by atoms with van der Waals surface area (Å²) >= 11 is 0. The maximum absolute atomic E-state index is 11.2. The van der Waals surface area contributed by atoms with Gasteiger partial charge in [-0.05, 0) is 38.5 Å². The van der Waals surface area contributed by atoms with Gasteiger partial charge in [0.15, 0.2) is 0 Å². The van der Waals surface area contributed by atoms with Crippen LogP contribution in [0, 0.1) is 11.3 Å². The Kier molecular flexibility index (Phi) is 3.79. The van der Waals surface area contributed by atoms with Crippen molar-refractivity contribution in [2.75, 3.05) is 0 Å². The van der Waals surface area contributed by atoms with E-state index in [2.05, 4.69) is 5.23 Å². The van der Waals surface area contributed by atoms with Gasteiger partial charge in [0.1, 0.15) is 0 Å².